The molecule has 0 saturated heterocycles. The molecule has 17 heavy (non-hydrogen) atoms. The Hall–Kier alpha value is -1.20. The van der Waals surface area contributed by atoms with E-state index in [-0.39, 0.29) is 6.42 Å². The first kappa shape index (κ1) is 12.3. The molecule has 0 unspecified atom stereocenters. The number of thiazole rings is 1. The number of halogens is 1. The highest BCUT2D eigenvalue weighted by atomic mass is 79.9. The van der Waals surface area contributed by atoms with Crippen molar-refractivity contribution in [2.45, 2.75) is 13.3 Å². The van der Waals surface area contributed by atoms with Crippen LogP contribution in [0.4, 0.5) is 0 Å². The number of carboxylic acid groups (broad SMARTS) is 1. The number of hydrogen-bond acceptors (Lipinski definition) is 3. The third kappa shape index (κ3) is 2.92. The van der Waals surface area contributed by atoms with Crippen LogP contribution in [0.5, 0.6) is 0 Å². The summed E-state index contributed by atoms with van der Waals surface area (Å²) in [6.07, 6.45) is -0.0162. The van der Waals surface area contributed by atoms with Gasteiger partial charge in [-0.2, -0.15) is 0 Å². The topological polar surface area (TPSA) is 50.2 Å². The molecule has 0 fully saturated rings. The third-order valence-corrected chi connectivity index (χ3v) is 3.67. The van der Waals surface area contributed by atoms with Gasteiger partial charge in [-0.3, -0.25) is 4.79 Å². The van der Waals surface area contributed by atoms with Crippen molar-refractivity contribution in [1.82, 2.24) is 4.98 Å². The van der Waals surface area contributed by atoms with E-state index in [2.05, 4.69) is 20.9 Å². The normalized spacial score (nSPS) is 10.5. The predicted octanol–water partition coefficient (Wildman–Crippen LogP) is 3.51. The number of aromatic nitrogens is 1. The summed E-state index contributed by atoms with van der Waals surface area (Å²) < 4.78 is 0.992. The molecule has 1 aromatic heterocycles. The molecule has 0 radical (unpaired) electrons. The van der Waals surface area contributed by atoms with Crippen LogP contribution in [0.15, 0.2) is 28.1 Å². The summed E-state index contributed by atoms with van der Waals surface area (Å²) >= 11 is 4.80. The second-order valence-corrected chi connectivity index (χ2v) is 5.51. The summed E-state index contributed by atoms with van der Waals surface area (Å²) in [7, 11) is 0. The second kappa shape index (κ2) is 4.98. The van der Waals surface area contributed by atoms with Gasteiger partial charge in [-0.05, 0) is 24.6 Å². The van der Waals surface area contributed by atoms with Gasteiger partial charge in [0, 0.05) is 15.4 Å². The van der Waals surface area contributed by atoms with Crippen LogP contribution in [0, 0.1) is 6.92 Å². The lowest BCUT2D eigenvalue weighted by molar-refractivity contribution is -0.136. The SMILES string of the molecule is Cc1ccc(Br)cc1-c1csc(CC(=O)O)n1. The number of carboxylic acids is 1. The number of carbonyl (C=O) groups is 1. The minimum absolute atomic E-state index is 0.0162. The number of benzene rings is 1. The zero-order valence-electron chi connectivity index (χ0n) is 9.11. The number of nitrogens with zero attached hydrogens (tertiary/aromatic N) is 1. The summed E-state index contributed by atoms with van der Waals surface area (Å²) in [5, 5.41) is 11.2. The molecule has 0 saturated carbocycles. The summed E-state index contributed by atoms with van der Waals surface area (Å²) in [5.41, 5.74) is 3.00. The Morgan fingerprint density at radius 2 is 2.29 bits per heavy atom. The van der Waals surface area contributed by atoms with E-state index in [1.807, 2.05) is 30.5 Å². The highest BCUT2D eigenvalue weighted by Crippen LogP contribution is 2.28. The first-order valence-electron chi connectivity index (χ1n) is 4.99. The highest BCUT2D eigenvalue weighted by Gasteiger charge is 2.09. The standard InChI is InChI=1S/C12H10BrNO2S/c1-7-2-3-8(13)4-9(7)10-6-17-11(14-10)5-12(15)16/h2-4,6H,5H2,1H3,(H,15,16). The molecule has 0 bridgehead atoms. The maximum atomic E-state index is 10.6. The minimum atomic E-state index is -0.850. The molecule has 2 rings (SSSR count). The van der Waals surface area contributed by atoms with Gasteiger partial charge in [-0.25, -0.2) is 4.98 Å². The fraction of sp³-hybridized carbons (Fsp3) is 0.167. The van der Waals surface area contributed by atoms with Crippen LogP contribution in [0.3, 0.4) is 0 Å². The molecule has 0 spiro atoms. The molecule has 88 valence electrons. The molecule has 1 N–H and O–H groups in total. The Labute approximate surface area is 111 Å². The molecule has 1 heterocycles. The second-order valence-electron chi connectivity index (χ2n) is 3.66. The first-order valence-corrected chi connectivity index (χ1v) is 6.66. The monoisotopic (exact) mass is 311 g/mol. The lowest BCUT2D eigenvalue weighted by Gasteiger charge is -2.02. The van der Waals surface area contributed by atoms with E-state index in [9.17, 15) is 4.79 Å². The molecule has 1 aromatic carbocycles. The van der Waals surface area contributed by atoms with Gasteiger partial charge >= 0.3 is 5.97 Å². The van der Waals surface area contributed by atoms with Crippen LogP contribution in [0.25, 0.3) is 11.3 Å². The highest BCUT2D eigenvalue weighted by molar-refractivity contribution is 9.10. The maximum Gasteiger partial charge on any atom is 0.310 e. The summed E-state index contributed by atoms with van der Waals surface area (Å²) in [6, 6.07) is 5.98. The van der Waals surface area contributed by atoms with Crippen LogP contribution in [-0.2, 0) is 11.2 Å². The Bertz CT molecular complexity index is 565. The smallest absolute Gasteiger partial charge is 0.310 e. The molecular weight excluding hydrogens is 302 g/mol. The number of aryl methyl sites for hydroxylation is 1. The quantitative estimate of drug-likeness (QED) is 0.943. The van der Waals surface area contributed by atoms with E-state index in [1.165, 1.54) is 11.3 Å². The van der Waals surface area contributed by atoms with Crippen LogP contribution < -0.4 is 0 Å². The number of hydrogen-bond donors (Lipinski definition) is 1. The van der Waals surface area contributed by atoms with Gasteiger partial charge in [0.2, 0.25) is 0 Å². The number of rotatable bonds is 3. The summed E-state index contributed by atoms with van der Waals surface area (Å²) in [4.78, 5) is 14.9. The number of aliphatic carboxylic acids is 1. The molecule has 0 amide bonds. The van der Waals surface area contributed by atoms with E-state index in [4.69, 9.17) is 5.11 Å². The molecule has 0 atom stereocenters. The summed E-state index contributed by atoms with van der Waals surface area (Å²) in [6.45, 7) is 2.01. The molecule has 0 aliphatic rings. The molecular formula is C12H10BrNO2S. The van der Waals surface area contributed by atoms with Crippen LogP contribution in [0.2, 0.25) is 0 Å². The van der Waals surface area contributed by atoms with E-state index < -0.39 is 5.97 Å². The Kier molecular flexibility index (Phi) is 3.59. The van der Waals surface area contributed by atoms with Crippen LogP contribution in [-0.4, -0.2) is 16.1 Å². The van der Waals surface area contributed by atoms with E-state index in [0.717, 1.165) is 21.3 Å². The van der Waals surface area contributed by atoms with Crippen molar-refractivity contribution in [1.29, 1.82) is 0 Å². The van der Waals surface area contributed by atoms with Gasteiger partial charge in [0.05, 0.1) is 12.1 Å². The van der Waals surface area contributed by atoms with Crippen LogP contribution >= 0.6 is 27.3 Å². The zero-order valence-corrected chi connectivity index (χ0v) is 11.5. The average molecular weight is 312 g/mol. The molecule has 0 aliphatic heterocycles. The Morgan fingerprint density at radius 3 is 3.00 bits per heavy atom. The van der Waals surface area contributed by atoms with Gasteiger partial charge in [-0.15, -0.1) is 11.3 Å². The summed E-state index contributed by atoms with van der Waals surface area (Å²) in [5.74, 6) is -0.850. The van der Waals surface area contributed by atoms with Gasteiger partial charge < -0.3 is 5.11 Å². The van der Waals surface area contributed by atoms with Crippen molar-refractivity contribution in [3.8, 4) is 11.3 Å². The first-order chi connectivity index (χ1) is 8.06. The van der Waals surface area contributed by atoms with E-state index >= 15 is 0 Å². The van der Waals surface area contributed by atoms with Crippen molar-refractivity contribution in [2.24, 2.45) is 0 Å². The lowest BCUT2D eigenvalue weighted by Crippen LogP contribution is -1.99. The predicted molar refractivity (Wildman–Crippen MR) is 71.3 cm³/mol. The van der Waals surface area contributed by atoms with Crippen LogP contribution in [0.1, 0.15) is 10.6 Å². The minimum Gasteiger partial charge on any atom is -0.481 e. The fourth-order valence-corrected chi connectivity index (χ4v) is 2.66. The molecule has 3 nitrogen and oxygen atoms in total. The van der Waals surface area contributed by atoms with Gasteiger partial charge in [-0.1, -0.05) is 22.0 Å². The Balaban J connectivity index is 2.36. The fourth-order valence-electron chi connectivity index (χ4n) is 1.52. The van der Waals surface area contributed by atoms with Gasteiger partial charge in [0.25, 0.3) is 0 Å². The zero-order chi connectivity index (χ0) is 12.4. The Morgan fingerprint density at radius 1 is 1.53 bits per heavy atom. The van der Waals surface area contributed by atoms with Crippen molar-refractivity contribution in [3.63, 3.8) is 0 Å². The largest absolute Gasteiger partial charge is 0.481 e. The molecule has 5 heteroatoms. The molecule has 0 aliphatic carbocycles. The average Bonchev–Trinajstić information content (AvgIpc) is 2.69. The van der Waals surface area contributed by atoms with Crippen molar-refractivity contribution in [3.05, 3.63) is 38.6 Å². The molecule has 2 aromatic rings. The van der Waals surface area contributed by atoms with E-state index in [0.29, 0.717) is 5.01 Å². The van der Waals surface area contributed by atoms with E-state index in [1.54, 1.807) is 0 Å². The van der Waals surface area contributed by atoms with Crippen molar-refractivity contribution in [2.75, 3.05) is 0 Å². The van der Waals surface area contributed by atoms with Gasteiger partial charge in [0.1, 0.15) is 5.01 Å². The van der Waals surface area contributed by atoms with Crippen molar-refractivity contribution < 1.29 is 9.90 Å². The lowest BCUT2D eigenvalue weighted by atomic mass is 10.1. The maximum absolute atomic E-state index is 10.6. The van der Waals surface area contributed by atoms with Gasteiger partial charge in [0.15, 0.2) is 0 Å². The third-order valence-electron chi connectivity index (χ3n) is 2.33. The van der Waals surface area contributed by atoms with Crippen molar-refractivity contribution >= 4 is 33.2 Å².